The summed E-state index contributed by atoms with van der Waals surface area (Å²) in [5.41, 5.74) is 0.792. The van der Waals surface area contributed by atoms with Gasteiger partial charge in [0.25, 0.3) is 5.91 Å². The van der Waals surface area contributed by atoms with Crippen molar-refractivity contribution in [1.82, 2.24) is 4.98 Å². The van der Waals surface area contributed by atoms with Crippen LogP contribution in [0.25, 0.3) is 10.2 Å². The molecule has 0 saturated carbocycles. The van der Waals surface area contributed by atoms with Crippen LogP contribution in [0.5, 0.6) is 11.5 Å². The van der Waals surface area contributed by atoms with E-state index in [1.165, 1.54) is 11.3 Å². The fraction of sp³-hybridized carbons (Fsp3) is 0.125. The van der Waals surface area contributed by atoms with Crippen LogP contribution in [0.3, 0.4) is 0 Å². The summed E-state index contributed by atoms with van der Waals surface area (Å²) in [6, 6.07) is 12.7. The van der Waals surface area contributed by atoms with Gasteiger partial charge >= 0.3 is 0 Å². The highest BCUT2D eigenvalue weighted by Crippen LogP contribution is 2.32. The number of hydrogen-bond acceptors (Lipinski definition) is 5. The largest absolute Gasteiger partial charge is 0.485 e. The summed E-state index contributed by atoms with van der Waals surface area (Å²) in [6.45, 7) is 0.166. The molecule has 1 amide bonds. The van der Waals surface area contributed by atoms with Crippen LogP contribution >= 0.6 is 22.9 Å². The standard InChI is InChI=1S/C16H11ClN2O3S/c17-9-5-6-10-14(7-9)23-16(18-10)19-15(20)13-8-21-11-3-1-2-4-12(11)22-13/h1-7,13H,8H2,(H,18,19,20)/t13-/m0/s1. The van der Waals surface area contributed by atoms with Crippen LogP contribution in [0.15, 0.2) is 42.5 Å². The molecule has 1 atom stereocenters. The van der Waals surface area contributed by atoms with Crippen molar-refractivity contribution in [3.8, 4) is 11.5 Å². The third kappa shape index (κ3) is 2.83. The lowest BCUT2D eigenvalue weighted by Crippen LogP contribution is -2.40. The number of thiazole rings is 1. The Morgan fingerprint density at radius 1 is 1.26 bits per heavy atom. The van der Waals surface area contributed by atoms with Gasteiger partial charge in [-0.05, 0) is 30.3 Å². The van der Waals surface area contributed by atoms with E-state index >= 15 is 0 Å². The van der Waals surface area contributed by atoms with E-state index in [1.54, 1.807) is 18.2 Å². The lowest BCUT2D eigenvalue weighted by molar-refractivity contribution is -0.125. The zero-order valence-electron chi connectivity index (χ0n) is 11.8. The number of carbonyl (C=O) groups excluding carboxylic acids is 1. The maximum atomic E-state index is 12.3. The summed E-state index contributed by atoms with van der Waals surface area (Å²) in [5.74, 6) is 0.922. The minimum atomic E-state index is -0.708. The topological polar surface area (TPSA) is 60.5 Å². The quantitative estimate of drug-likeness (QED) is 0.768. The average molecular weight is 347 g/mol. The number of hydrogen-bond donors (Lipinski definition) is 1. The Bertz CT molecular complexity index is 896. The third-order valence-corrected chi connectivity index (χ3v) is 4.55. The molecule has 0 fully saturated rings. The van der Waals surface area contributed by atoms with Gasteiger partial charge in [-0.3, -0.25) is 10.1 Å². The van der Waals surface area contributed by atoms with Gasteiger partial charge in [0.2, 0.25) is 6.10 Å². The Balaban J connectivity index is 1.51. The Morgan fingerprint density at radius 3 is 2.96 bits per heavy atom. The van der Waals surface area contributed by atoms with Gasteiger partial charge in [-0.25, -0.2) is 4.98 Å². The van der Waals surface area contributed by atoms with Crippen molar-refractivity contribution in [3.63, 3.8) is 0 Å². The van der Waals surface area contributed by atoms with Gasteiger partial charge in [-0.15, -0.1) is 0 Å². The molecule has 0 aliphatic carbocycles. The van der Waals surface area contributed by atoms with Crippen molar-refractivity contribution >= 4 is 44.2 Å². The summed E-state index contributed by atoms with van der Waals surface area (Å²) >= 11 is 7.32. The molecule has 1 aliphatic rings. The zero-order valence-corrected chi connectivity index (χ0v) is 13.4. The molecule has 23 heavy (non-hydrogen) atoms. The number of amides is 1. The molecular formula is C16H11ClN2O3S. The first-order valence-electron chi connectivity index (χ1n) is 6.94. The van der Waals surface area contributed by atoms with Crippen molar-refractivity contribution in [2.45, 2.75) is 6.10 Å². The zero-order chi connectivity index (χ0) is 15.8. The lowest BCUT2D eigenvalue weighted by atomic mass is 10.2. The minimum Gasteiger partial charge on any atom is -0.485 e. The summed E-state index contributed by atoms with van der Waals surface area (Å²) in [5, 5.41) is 3.92. The van der Waals surface area contributed by atoms with Gasteiger partial charge in [-0.1, -0.05) is 35.1 Å². The number of para-hydroxylation sites is 2. The maximum absolute atomic E-state index is 12.3. The second-order valence-corrected chi connectivity index (χ2v) is 6.45. The van der Waals surface area contributed by atoms with E-state index < -0.39 is 6.10 Å². The number of carbonyl (C=O) groups is 1. The highest BCUT2D eigenvalue weighted by molar-refractivity contribution is 7.22. The maximum Gasteiger partial charge on any atom is 0.270 e. The number of nitrogens with one attached hydrogen (secondary N) is 1. The summed E-state index contributed by atoms with van der Waals surface area (Å²) in [6.07, 6.45) is -0.708. The predicted octanol–water partition coefficient (Wildman–Crippen LogP) is 3.73. The fourth-order valence-electron chi connectivity index (χ4n) is 2.29. The van der Waals surface area contributed by atoms with Crippen molar-refractivity contribution in [3.05, 3.63) is 47.5 Å². The van der Waals surface area contributed by atoms with Gasteiger partial charge in [0.1, 0.15) is 6.61 Å². The molecule has 0 radical (unpaired) electrons. The van der Waals surface area contributed by atoms with E-state index in [1.807, 2.05) is 24.3 Å². The number of halogens is 1. The molecule has 4 rings (SSSR count). The summed E-state index contributed by atoms with van der Waals surface area (Å²) in [7, 11) is 0. The predicted molar refractivity (Wildman–Crippen MR) is 89.6 cm³/mol. The van der Waals surface area contributed by atoms with Crippen LogP contribution < -0.4 is 14.8 Å². The molecule has 2 aromatic carbocycles. The molecule has 1 aliphatic heterocycles. The minimum absolute atomic E-state index is 0.166. The number of anilines is 1. The SMILES string of the molecule is O=C(Nc1nc2ccc(Cl)cc2s1)[C@@H]1COc2ccccc2O1. The second-order valence-electron chi connectivity index (χ2n) is 4.98. The number of aromatic nitrogens is 1. The van der Waals surface area contributed by atoms with Gasteiger partial charge < -0.3 is 9.47 Å². The van der Waals surface area contributed by atoms with E-state index in [9.17, 15) is 4.79 Å². The summed E-state index contributed by atoms with van der Waals surface area (Å²) in [4.78, 5) is 16.7. The summed E-state index contributed by atoms with van der Waals surface area (Å²) < 4.78 is 12.1. The molecule has 1 N–H and O–H groups in total. The molecule has 0 spiro atoms. The number of benzene rings is 2. The Labute approximate surface area is 140 Å². The molecule has 116 valence electrons. The van der Waals surface area contributed by atoms with E-state index in [0.29, 0.717) is 21.7 Å². The molecule has 0 bridgehead atoms. The molecule has 3 aromatic rings. The Morgan fingerprint density at radius 2 is 2.09 bits per heavy atom. The smallest absolute Gasteiger partial charge is 0.270 e. The first-order valence-corrected chi connectivity index (χ1v) is 8.14. The van der Waals surface area contributed by atoms with Crippen molar-refractivity contribution < 1.29 is 14.3 Å². The highest BCUT2D eigenvalue weighted by Gasteiger charge is 2.27. The fourth-order valence-corrected chi connectivity index (χ4v) is 3.43. The average Bonchev–Trinajstić information content (AvgIpc) is 2.95. The van der Waals surface area contributed by atoms with Crippen molar-refractivity contribution in [2.24, 2.45) is 0 Å². The van der Waals surface area contributed by atoms with Crippen molar-refractivity contribution in [1.29, 1.82) is 0 Å². The lowest BCUT2D eigenvalue weighted by Gasteiger charge is -2.25. The molecule has 0 saturated heterocycles. The first-order chi connectivity index (χ1) is 11.2. The van der Waals surface area contributed by atoms with E-state index in [-0.39, 0.29) is 12.5 Å². The van der Waals surface area contributed by atoms with Gasteiger partial charge in [0.15, 0.2) is 16.6 Å². The van der Waals surface area contributed by atoms with Gasteiger partial charge in [0.05, 0.1) is 10.2 Å². The number of rotatable bonds is 2. The molecule has 5 nitrogen and oxygen atoms in total. The van der Waals surface area contributed by atoms with Crippen LogP contribution in [0.4, 0.5) is 5.13 Å². The monoisotopic (exact) mass is 346 g/mol. The normalized spacial score (nSPS) is 16.3. The third-order valence-electron chi connectivity index (χ3n) is 3.38. The van der Waals surface area contributed by atoms with Crippen molar-refractivity contribution in [2.75, 3.05) is 11.9 Å². The Kier molecular flexibility index (Phi) is 3.55. The first kappa shape index (κ1) is 14.3. The van der Waals surface area contributed by atoms with E-state index in [0.717, 1.165) is 10.2 Å². The van der Waals surface area contributed by atoms with E-state index in [2.05, 4.69) is 10.3 Å². The van der Waals surface area contributed by atoms with Crippen LogP contribution in [-0.2, 0) is 4.79 Å². The van der Waals surface area contributed by atoms with Gasteiger partial charge in [-0.2, -0.15) is 0 Å². The molecule has 7 heteroatoms. The molecule has 0 unspecified atom stereocenters. The Hall–Kier alpha value is -2.31. The molecular weight excluding hydrogens is 336 g/mol. The molecule has 2 heterocycles. The van der Waals surface area contributed by atoms with Crippen LogP contribution in [0.2, 0.25) is 5.02 Å². The van der Waals surface area contributed by atoms with Crippen LogP contribution in [-0.4, -0.2) is 23.6 Å². The highest BCUT2D eigenvalue weighted by atomic mass is 35.5. The van der Waals surface area contributed by atoms with E-state index in [4.69, 9.17) is 21.1 Å². The number of nitrogens with zero attached hydrogens (tertiary/aromatic N) is 1. The van der Waals surface area contributed by atoms with Gasteiger partial charge in [0, 0.05) is 5.02 Å². The second kappa shape index (κ2) is 5.72. The van der Waals surface area contributed by atoms with Crippen LogP contribution in [0.1, 0.15) is 0 Å². The number of fused-ring (bicyclic) bond motifs is 2. The molecule has 1 aromatic heterocycles. The van der Waals surface area contributed by atoms with Crippen LogP contribution in [0, 0.1) is 0 Å². The number of ether oxygens (including phenoxy) is 2.